The third kappa shape index (κ3) is 1.13. The molecule has 0 radical (unpaired) electrons. The van der Waals surface area contributed by atoms with E-state index in [-0.39, 0.29) is 5.60 Å². The van der Waals surface area contributed by atoms with Gasteiger partial charge in [0.1, 0.15) is 5.60 Å². The molecule has 0 amide bonds. The zero-order valence-corrected chi connectivity index (χ0v) is 7.36. The van der Waals surface area contributed by atoms with Gasteiger partial charge in [-0.1, -0.05) is 35.5 Å². The maximum absolute atomic E-state index is 5.41. The summed E-state index contributed by atoms with van der Waals surface area (Å²) < 4.78 is 0. The lowest BCUT2D eigenvalue weighted by Crippen LogP contribution is -2.08. The molecule has 1 fully saturated rings. The molecule has 1 aromatic rings. The van der Waals surface area contributed by atoms with Crippen molar-refractivity contribution in [2.75, 3.05) is 0 Å². The molecule has 1 aromatic carbocycles. The highest BCUT2D eigenvalue weighted by molar-refractivity contribution is 6.01. The molecule has 3 rings (SSSR count). The third-order valence-corrected chi connectivity index (χ3v) is 2.75. The molecular weight excluding hydrogens is 162 g/mol. The minimum absolute atomic E-state index is 0.116. The fourth-order valence-electron chi connectivity index (χ4n) is 1.71. The Kier molecular flexibility index (Phi) is 1.29. The van der Waals surface area contributed by atoms with Crippen molar-refractivity contribution in [3.63, 3.8) is 0 Å². The highest BCUT2D eigenvalue weighted by atomic mass is 16.7. The molecule has 1 aliphatic heterocycles. The van der Waals surface area contributed by atoms with E-state index in [0.717, 1.165) is 12.1 Å². The Morgan fingerprint density at radius 2 is 1.92 bits per heavy atom. The average molecular weight is 173 g/mol. The van der Waals surface area contributed by atoms with Gasteiger partial charge in [0.05, 0.1) is 5.71 Å². The van der Waals surface area contributed by atoms with E-state index in [9.17, 15) is 0 Å². The molecule has 1 heterocycles. The number of nitrogens with zero attached hydrogens (tertiary/aromatic N) is 1. The van der Waals surface area contributed by atoms with Crippen molar-refractivity contribution >= 4 is 5.71 Å². The minimum Gasteiger partial charge on any atom is -0.389 e. The number of benzene rings is 1. The first-order valence-electron chi connectivity index (χ1n) is 4.69. The van der Waals surface area contributed by atoms with Gasteiger partial charge in [-0.3, -0.25) is 0 Å². The van der Waals surface area contributed by atoms with Gasteiger partial charge in [0, 0.05) is 6.42 Å². The summed E-state index contributed by atoms with van der Waals surface area (Å²) in [5.41, 5.74) is 2.43. The molecule has 1 saturated carbocycles. The summed E-state index contributed by atoms with van der Waals surface area (Å²) in [7, 11) is 0. The molecule has 1 spiro atoms. The van der Waals surface area contributed by atoms with Crippen LogP contribution in [0, 0.1) is 0 Å². The smallest absolute Gasteiger partial charge is 0.143 e. The van der Waals surface area contributed by atoms with Gasteiger partial charge >= 0.3 is 0 Å². The highest BCUT2D eigenvalue weighted by Gasteiger charge is 2.50. The minimum atomic E-state index is 0.116. The van der Waals surface area contributed by atoms with Crippen LogP contribution in [0.2, 0.25) is 0 Å². The number of oxime groups is 1. The van der Waals surface area contributed by atoms with Crippen molar-refractivity contribution in [1.29, 1.82) is 0 Å². The first-order valence-corrected chi connectivity index (χ1v) is 4.69. The van der Waals surface area contributed by atoms with Crippen molar-refractivity contribution in [2.45, 2.75) is 24.9 Å². The predicted molar refractivity (Wildman–Crippen MR) is 50.6 cm³/mol. The van der Waals surface area contributed by atoms with E-state index in [0.29, 0.717) is 0 Å². The second-order valence-electron chi connectivity index (χ2n) is 3.86. The molecule has 2 nitrogen and oxygen atoms in total. The van der Waals surface area contributed by atoms with Gasteiger partial charge in [0.15, 0.2) is 0 Å². The van der Waals surface area contributed by atoms with Gasteiger partial charge in [-0.15, -0.1) is 0 Å². The van der Waals surface area contributed by atoms with Crippen molar-refractivity contribution in [2.24, 2.45) is 5.16 Å². The van der Waals surface area contributed by atoms with E-state index in [4.69, 9.17) is 4.84 Å². The number of hydrogen-bond acceptors (Lipinski definition) is 2. The van der Waals surface area contributed by atoms with Gasteiger partial charge < -0.3 is 4.84 Å². The molecule has 0 unspecified atom stereocenters. The summed E-state index contributed by atoms with van der Waals surface area (Å²) in [6, 6.07) is 10.3. The Hall–Kier alpha value is -1.31. The van der Waals surface area contributed by atoms with Crippen LogP contribution in [-0.2, 0) is 4.84 Å². The summed E-state index contributed by atoms with van der Waals surface area (Å²) in [4.78, 5) is 5.41. The maximum atomic E-state index is 5.41. The van der Waals surface area contributed by atoms with Gasteiger partial charge in [-0.25, -0.2) is 0 Å². The highest BCUT2D eigenvalue weighted by Crippen LogP contribution is 2.46. The summed E-state index contributed by atoms with van der Waals surface area (Å²) in [5.74, 6) is 0. The molecule has 2 aliphatic rings. The molecule has 13 heavy (non-hydrogen) atoms. The van der Waals surface area contributed by atoms with Gasteiger partial charge in [-0.2, -0.15) is 0 Å². The largest absolute Gasteiger partial charge is 0.389 e. The number of hydrogen-bond donors (Lipinski definition) is 0. The van der Waals surface area contributed by atoms with Crippen molar-refractivity contribution in [1.82, 2.24) is 0 Å². The lowest BCUT2D eigenvalue weighted by molar-refractivity contribution is 0.0650. The first-order chi connectivity index (χ1) is 6.38. The molecule has 66 valence electrons. The second kappa shape index (κ2) is 2.34. The molecule has 0 N–H and O–H groups in total. The van der Waals surface area contributed by atoms with Crippen LogP contribution < -0.4 is 0 Å². The maximum Gasteiger partial charge on any atom is 0.143 e. The Morgan fingerprint density at radius 1 is 1.15 bits per heavy atom. The Labute approximate surface area is 77.2 Å². The zero-order valence-electron chi connectivity index (χ0n) is 7.36. The van der Waals surface area contributed by atoms with E-state index in [2.05, 4.69) is 17.3 Å². The Morgan fingerprint density at radius 3 is 2.54 bits per heavy atom. The van der Waals surface area contributed by atoms with Crippen LogP contribution in [0.5, 0.6) is 0 Å². The van der Waals surface area contributed by atoms with Gasteiger partial charge in [-0.05, 0) is 18.4 Å². The summed E-state index contributed by atoms with van der Waals surface area (Å²) in [6.07, 6.45) is 3.34. The SMILES string of the molecule is c1ccc(C2=NOC3(CC3)C2)cc1. The van der Waals surface area contributed by atoms with E-state index >= 15 is 0 Å². The van der Waals surface area contributed by atoms with Gasteiger partial charge in [0.25, 0.3) is 0 Å². The first kappa shape index (κ1) is 7.13. The number of rotatable bonds is 1. The Bertz CT molecular complexity index is 352. The quantitative estimate of drug-likeness (QED) is 0.638. The molecule has 2 heteroatoms. The van der Waals surface area contributed by atoms with E-state index in [1.807, 2.05) is 18.2 Å². The normalized spacial score (nSPS) is 22.6. The lowest BCUT2D eigenvalue weighted by atomic mass is 10.0. The molecule has 0 atom stereocenters. The van der Waals surface area contributed by atoms with Crippen LogP contribution in [0.4, 0.5) is 0 Å². The molecule has 0 saturated heterocycles. The third-order valence-electron chi connectivity index (χ3n) is 2.75. The van der Waals surface area contributed by atoms with Gasteiger partial charge in [0.2, 0.25) is 0 Å². The molecule has 1 aliphatic carbocycles. The monoisotopic (exact) mass is 173 g/mol. The topological polar surface area (TPSA) is 21.6 Å². The van der Waals surface area contributed by atoms with Crippen LogP contribution in [-0.4, -0.2) is 11.3 Å². The van der Waals surface area contributed by atoms with E-state index < -0.39 is 0 Å². The van der Waals surface area contributed by atoms with E-state index in [1.165, 1.54) is 18.4 Å². The molecule has 0 aromatic heterocycles. The second-order valence-corrected chi connectivity index (χ2v) is 3.86. The van der Waals surface area contributed by atoms with Crippen LogP contribution in [0.25, 0.3) is 0 Å². The zero-order chi connectivity index (χ0) is 8.73. The average Bonchev–Trinajstić information content (AvgIpc) is 2.78. The summed E-state index contributed by atoms with van der Waals surface area (Å²) in [6.45, 7) is 0. The van der Waals surface area contributed by atoms with Crippen LogP contribution in [0.3, 0.4) is 0 Å². The Balaban J connectivity index is 1.87. The van der Waals surface area contributed by atoms with Crippen molar-refractivity contribution < 1.29 is 4.84 Å². The molecular formula is C11H11NO. The molecule has 0 bridgehead atoms. The fourth-order valence-corrected chi connectivity index (χ4v) is 1.71. The van der Waals surface area contributed by atoms with Crippen molar-refractivity contribution in [3.8, 4) is 0 Å². The van der Waals surface area contributed by atoms with Crippen molar-refractivity contribution in [3.05, 3.63) is 35.9 Å². The lowest BCUT2D eigenvalue weighted by Gasteiger charge is -2.01. The van der Waals surface area contributed by atoms with Crippen LogP contribution >= 0.6 is 0 Å². The summed E-state index contributed by atoms with van der Waals surface area (Å²) >= 11 is 0. The standard InChI is InChI=1S/C11H11NO/c1-2-4-9(5-3-1)10-8-11(6-7-11)13-12-10/h1-5H,6-8H2. The fraction of sp³-hybridized carbons (Fsp3) is 0.364. The summed E-state index contributed by atoms with van der Waals surface area (Å²) in [5, 5.41) is 4.14. The van der Waals surface area contributed by atoms with Crippen LogP contribution in [0.15, 0.2) is 35.5 Å². The van der Waals surface area contributed by atoms with E-state index in [1.54, 1.807) is 0 Å². The van der Waals surface area contributed by atoms with Crippen LogP contribution in [0.1, 0.15) is 24.8 Å². The predicted octanol–water partition coefficient (Wildman–Crippen LogP) is 2.34.